The Balaban J connectivity index is 1.43. The van der Waals surface area contributed by atoms with Gasteiger partial charge in [-0.1, -0.05) is 6.07 Å². The van der Waals surface area contributed by atoms with Gasteiger partial charge in [0.15, 0.2) is 5.65 Å². The van der Waals surface area contributed by atoms with Crippen molar-refractivity contribution in [1.29, 1.82) is 0 Å². The van der Waals surface area contributed by atoms with Crippen molar-refractivity contribution in [3.05, 3.63) is 53.6 Å². The number of imidazole rings is 1. The van der Waals surface area contributed by atoms with E-state index >= 15 is 0 Å². The molecule has 1 saturated heterocycles. The van der Waals surface area contributed by atoms with E-state index < -0.39 is 24.5 Å². The summed E-state index contributed by atoms with van der Waals surface area (Å²) in [6.45, 7) is -2.75. The van der Waals surface area contributed by atoms with Crippen LogP contribution in [-0.2, 0) is 4.79 Å². The maximum atomic E-state index is 12.3. The molecule has 154 valence electrons. The van der Waals surface area contributed by atoms with E-state index in [2.05, 4.69) is 30.4 Å². The first-order chi connectivity index (χ1) is 14.5. The van der Waals surface area contributed by atoms with Gasteiger partial charge >= 0.3 is 12.6 Å². The van der Waals surface area contributed by atoms with Crippen molar-refractivity contribution >= 4 is 17.6 Å². The van der Waals surface area contributed by atoms with Crippen molar-refractivity contribution in [2.24, 2.45) is 0 Å². The summed E-state index contributed by atoms with van der Waals surface area (Å²) in [5, 5.41) is 9.36. The van der Waals surface area contributed by atoms with Crippen LogP contribution in [0.25, 0.3) is 5.65 Å². The average molecular weight is 414 g/mol. The van der Waals surface area contributed by atoms with Gasteiger partial charge in [-0.2, -0.15) is 13.9 Å². The molecule has 1 aliphatic heterocycles. The highest BCUT2D eigenvalue weighted by Gasteiger charge is 2.42. The van der Waals surface area contributed by atoms with Crippen molar-refractivity contribution in [2.45, 2.75) is 30.8 Å². The molecule has 4 heterocycles. The van der Waals surface area contributed by atoms with Crippen LogP contribution in [0.15, 0.2) is 36.8 Å². The summed E-state index contributed by atoms with van der Waals surface area (Å²) < 4.78 is 30.5. The number of nitrogens with one attached hydrogen (secondary N) is 2. The van der Waals surface area contributed by atoms with Crippen LogP contribution in [0.5, 0.6) is 5.88 Å². The molecule has 3 atom stereocenters. The Kier molecular flexibility index (Phi) is 4.30. The predicted octanol–water partition coefficient (Wildman–Crippen LogP) is 1.92. The normalized spacial score (nSPS) is 23.4. The van der Waals surface area contributed by atoms with Crippen LogP contribution in [-0.4, -0.2) is 44.7 Å². The number of aromatic nitrogens is 4. The van der Waals surface area contributed by atoms with E-state index in [4.69, 9.17) is 0 Å². The molecule has 3 aromatic heterocycles. The second kappa shape index (κ2) is 7.01. The highest BCUT2D eigenvalue weighted by molar-refractivity contribution is 6.00. The third-order valence-corrected chi connectivity index (χ3v) is 5.37. The number of hydrogen-bond acceptors (Lipinski definition) is 6. The Morgan fingerprint density at radius 2 is 2.07 bits per heavy atom. The smallest absolute Gasteiger partial charge is 0.388 e. The van der Waals surface area contributed by atoms with Gasteiger partial charge in [-0.25, -0.2) is 19.3 Å². The first kappa shape index (κ1) is 18.4. The SMILES string of the molecule is O=C1NCC(c2cc([C@H]3C[C@@H]3c3ccc(OC(F)F)nc3)c3nccn3n2)C(=O)N1. The number of pyridine rings is 1. The number of carbonyl (C=O) groups is 2. The van der Waals surface area contributed by atoms with Gasteiger partial charge in [0.1, 0.15) is 0 Å². The van der Waals surface area contributed by atoms with Gasteiger partial charge in [-0.15, -0.1) is 0 Å². The van der Waals surface area contributed by atoms with Gasteiger partial charge < -0.3 is 10.1 Å². The number of rotatable bonds is 5. The molecular weight excluding hydrogens is 398 g/mol. The first-order valence-corrected chi connectivity index (χ1v) is 9.33. The van der Waals surface area contributed by atoms with Crippen molar-refractivity contribution in [3.8, 4) is 5.88 Å². The Morgan fingerprint density at radius 1 is 1.20 bits per heavy atom. The third kappa shape index (κ3) is 3.31. The highest BCUT2D eigenvalue weighted by atomic mass is 19.3. The molecule has 0 bridgehead atoms. The number of carbonyl (C=O) groups excluding carboxylic acids is 2. The average Bonchev–Trinajstić information content (AvgIpc) is 3.35. The largest absolute Gasteiger partial charge is 0.417 e. The Bertz CT molecular complexity index is 1130. The molecule has 1 aliphatic carbocycles. The minimum Gasteiger partial charge on any atom is -0.417 e. The van der Waals surface area contributed by atoms with Gasteiger partial charge in [0.05, 0.1) is 11.6 Å². The van der Waals surface area contributed by atoms with E-state index in [0.29, 0.717) is 11.3 Å². The van der Waals surface area contributed by atoms with Gasteiger partial charge in [-0.3, -0.25) is 10.1 Å². The van der Waals surface area contributed by atoms with E-state index in [1.54, 1.807) is 23.0 Å². The summed E-state index contributed by atoms with van der Waals surface area (Å²) in [5.41, 5.74) is 3.08. The summed E-state index contributed by atoms with van der Waals surface area (Å²) in [5.74, 6) is -0.853. The number of nitrogens with zero attached hydrogens (tertiary/aromatic N) is 4. The minimum absolute atomic E-state index is 0.126. The molecule has 9 nitrogen and oxygen atoms in total. The molecule has 2 fully saturated rings. The molecular formula is C19H16F2N6O3. The zero-order valence-corrected chi connectivity index (χ0v) is 15.5. The van der Waals surface area contributed by atoms with E-state index in [1.807, 2.05) is 6.07 Å². The maximum Gasteiger partial charge on any atom is 0.388 e. The lowest BCUT2D eigenvalue weighted by Crippen LogP contribution is -2.51. The fourth-order valence-corrected chi connectivity index (χ4v) is 3.85. The molecule has 3 aromatic rings. The van der Waals surface area contributed by atoms with Crippen LogP contribution in [0, 0.1) is 0 Å². The zero-order chi connectivity index (χ0) is 20.8. The zero-order valence-electron chi connectivity index (χ0n) is 15.5. The third-order valence-electron chi connectivity index (χ3n) is 5.37. The Labute approximate surface area is 168 Å². The van der Waals surface area contributed by atoms with Crippen LogP contribution in [0.4, 0.5) is 13.6 Å². The summed E-state index contributed by atoms with van der Waals surface area (Å²) in [6.07, 6.45) is 5.71. The molecule has 0 aromatic carbocycles. The molecule has 3 amide bonds. The molecule has 11 heteroatoms. The van der Waals surface area contributed by atoms with Crippen LogP contribution in [0.2, 0.25) is 0 Å². The topological polar surface area (TPSA) is 111 Å². The standard InChI is InChI=1S/C19H16F2N6O3/c20-18(21)30-15-2-1-9(7-23-15)10-5-11(10)12-6-14(26-27-4-3-22-16(12)27)13-8-24-19(29)25-17(13)28/h1-4,6-7,10-11,13,18H,5,8H2,(H2,24,25,28,29)/t10-,11+,13?/m1/s1. The number of halogens is 2. The van der Waals surface area contributed by atoms with Gasteiger partial charge in [0.2, 0.25) is 11.8 Å². The van der Waals surface area contributed by atoms with Crippen molar-refractivity contribution in [2.75, 3.05) is 6.54 Å². The van der Waals surface area contributed by atoms with E-state index in [9.17, 15) is 18.4 Å². The number of imide groups is 1. The number of fused-ring (bicyclic) bond motifs is 1. The minimum atomic E-state index is -2.91. The first-order valence-electron chi connectivity index (χ1n) is 9.33. The maximum absolute atomic E-state index is 12.3. The molecule has 0 spiro atoms. The van der Waals surface area contributed by atoms with Crippen LogP contribution in [0.3, 0.4) is 0 Å². The van der Waals surface area contributed by atoms with Gasteiger partial charge in [-0.05, 0) is 29.9 Å². The van der Waals surface area contributed by atoms with Gasteiger partial charge in [0, 0.05) is 36.8 Å². The lowest BCUT2D eigenvalue weighted by atomic mass is 9.99. The van der Waals surface area contributed by atoms with Gasteiger partial charge in [0.25, 0.3) is 0 Å². The fraction of sp³-hybridized carbons (Fsp3) is 0.316. The second-order valence-electron chi connectivity index (χ2n) is 7.23. The van der Waals surface area contributed by atoms with Crippen LogP contribution in [0.1, 0.15) is 41.0 Å². The predicted molar refractivity (Wildman–Crippen MR) is 98.2 cm³/mol. The lowest BCUT2D eigenvalue weighted by Gasteiger charge is -2.22. The van der Waals surface area contributed by atoms with E-state index in [-0.39, 0.29) is 24.3 Å². The van der Waals surface area contributed by atoms with Crippen molar-refractivity contribution in [1.82, 2.24) is 30.2 Å². The molecule has 1 unspecified atom stereocenters. The number of ether oxygens (including phenoxy) is 1. The molecule has 0 radical (unpaired) electrons. The molecule has 2 aliphatic rings. The lowest BCUT2D eigenvalue weighted by molar-refractivity contribution is -0.122. The fourth-order valence-electron chi connectivity index (χ4n) is 3.85. The number of urea groups is 1. The quantitative estimate of drug-likeness (QED) is 0.660. The summed E-state index contributed by atoms with van der Waals surface area (Å²) in [7, 11) is 0. The summed E-state index contributed by atoms with van der Waals surface area (Å²) >= 11 is 0. The van der Waals surface area contributed by atoms with E-state index in [0.717, 1.165) is 17.5 Å². The monoisotopic (exact) mass is 414 g/mol. The van der Waals surface area contributed by atoms with Crippen LogP contribution >= 0.6 is 0 Å². The summed E-state index contributed by atoms with van der Waals surface area (Å²) in [4.78, 5) is 31.9. The highest BCUT2D eigenvalue weighted by Crippen LogP contribution is 2.55. The van der Waals surface area contributed by atoms with Crippen molar-refractivity contribution in [3.63, 3.8) is 0 Å². The Morgan fingerprint density at radius 3 is 2.80 bits per heavy atom. The molecule has 5 rings (SSSR count). The molecule has 30 heavy (non-hydrogen) atoms. The number of hydrogen-bond donors (Lipinski definition) is 2. The molecule has 2 N–H and O–H groups in total. The Hall–Kier alpha value is -3.63. The summed E-state index contributed by atoms with van der Waals surface area (Å²) in [6, 6.07) is 4.49. The molecule has 1 saturated carbocycles. The second-order valence-corrected chi connectivity index (χ2v) is 7.23. The van der Waals surface area contributed by atoms with Crippen molar-refractivity contribution < 1.29 is 23.1 Å². The van der Waals surface area contributed by atoms with E-state index in [1.165, 1.54) is 12.3 Å². The number of alkyl halides is 2. The number of amides is 3. The van der Waals surface area contributed by atoms with Crippen LogP contribution < -0.4 is 15.4 Å².